The first kappa shape index (κ1) is 13.4. The molecule has 2 nitrogen and oxygen atoms in total. The van der Waals surface area contributed by atoms with Crippen molar-refractivity contribution in [1.29, 1.82) is 0 Å². The fraction of sp³-hybridized carbons (Fsp3) is 0. The first-order chi connectivity index (χ1) is 8.99. The number of para-hydroxylation sites is 1. The predicted molar refractivity (Wildman–Crippen MR) is 71.9 cm³/mol. The summed E-state index contributed by atoms with van der Waals surface area (Å²) in [5.74, 6) is -3.05. The van der Waals surface area contributed by atoms with Crippen LogP contribution < -0.4 is 11.1 Å². The van der Waals surface area contributed by atoms with E-state index in [9.17, 15) is 13.2 Å². The van der Waals surface area contributed by atoms with E-state index in [2.05, 4.69) is 5.32 Å². The Bertz CT molecular complexity index is 621. The van der Waals surface area contributed by atoms with Crippen molar-refractivity contribution in [2.75, 3.05) is 5.32 Å². The Kier molecular flexibility index (Phi) is 3.71. The number of benzene rings is 2. The highest BCUT2D eigenvalue weighted by molar-refractivity contribution is 7.80. The Morgan fingerprint density at radius 2 is 1.63 bits per heavy atom. The molecule has 2 aromatic carbocycles. The van der Waals surface area contributed by atoms with Gasteiger partial charge in [-0.05, 0) is 12.1 Å². The molecule has 2 rings (SSSR count). The highest BCUT2D eigenvalue weighted by atomic mass is 32.1. The molecule has 2 aromatic rings. The van der Waals surface area contributed by atoms with Crippen molar-refractivity contribution in [1.82, 2.24) is 0 Å². The minimum Gasteiger partial charge on any atom is -0.389 e. The average molecular weight is 282 g/mol. The number of anilines is 2. The third-order valence-corrected chi connectivity index (χ3v) is 2.68. The first-order valence-corrected chi connectivity index (χ1v) is 5.70. The van der Waals surface area contributed by atoms with Crippen LogP contribution in [0.5, 0.6) is 0 Å². The molecule has 0 amide bonds. The van der Waals surface area contributed by atoms with Crippen molar-refractivity contribution < 1.29 is 13.2 Å². The topological polar surface area (TPSA) is 38.0 Å². The van der Waals surface area contributed by atoms with Gasteiger partial charge < -0.3 is 11.1 Å². The van der Waals surface area contributed by atoms with Crippen LogP contribution in [-0.4, -0.2) is 4.99 Å². The van der Waals surface area contributed by atoms with Crippen LogP contribution in [0.25, 0.3) is 0 Å². The van der Waals surface area contributed by atoms with Crippen molar-refractivity contribution in [2.24, 2.45) is 5.73 Å². The van der Waals surface area contributed by atoms with Crippen LogP contribution in [0.1, 0.15) is 5.56 Å². The summed E-state index contributed by atoms with van der Waals surface area (Å²) in [4.78, 5) is 0.0889. The highest BCUT2D eigenvalue weighted by Crippen LogP contribution is 2.26. The minimum absolute atomic E-state index is 0.0889. The lowest BCUT2D eigenvalue weighted by molar-refractivity contribution is 0.549. The number of nitrogens with two attached hydrogens (primary N) is 1. The Morgan fingerprint density at radius 1 is 1.05 bits per heavy atom. The number of nitrogens with one attached hydrogen (secondary N) is 1. The monoisotopic (exact) mass is 282 g/mol. The molecule has 0 atom stereocenters. The number of thiocarbonyl (C=S) groups is 1. The molecule has 19 heavy (non-hydrogen) atoms. The third kappa shape index (κ3) is 2.85. The van der Waals surface area contributed by atoms with E-state index in [1.807, 2.05) is 0 Å². The summed E-state index contributed by atoms with van der Waals surface area (Å²) in [6, 6.07) is 7.71. The van der Waals surface area contributed by atoms with Gasteiger partial charge in [0.05, 0.1) is 0 Å². The van der Waals surface area contributed by atoms with Gasteiger partial charge in [-0.1, -0.05) is 24.4 Å². The number of rotatable bonds is 3. The van der Waals surface area contributed by atoms with Crippen LogP contribution >= 0.6 is 12.2 Å². The summed E-state index contributed by atoms with van der Waals surface area (Å²) in [5, 5.41) is 2.53. The summed E-state index contributed by atoms with van der Waals surface area (Å²) in [5.41, 5.74) is 5.85. The van der Waals surface area contributed by atoms with Gasteiger partial charge in [0, 0.05) is 23.4 Å². The van der Waals surface area contributed by atoms with Crippen LogP contribution in [0.15, 0.2) is 36.4 Å². The van der Waals surface area contributed by atoms with E-state index in [1.54, 1.807) is 24.3 Å². The molecule has 0 heterocycles. The predicted octanol–water partition coefficient (Wildman–Crippen LogP) is 3.48. The zero-order chi connectivity index (χ0) is 14.0. The van der Waals surface area contributed by atoms with E-state index in [4.69, 9.17) is 18.0 Å². The maximum absolute atomic E-state index is 13.5. The molecule has 6 heteroatoms. The molecule has 0 aromatic heterocycles. The molecule has 0 saturated heterocycles. The second-order valence-electron chi connectivity index (χ2n) is 3.78. The quantitative estimate of drug-likeness (QED) is 0.846. The van der Waals surface area contributed by atoms with Gasteiger partial charge in [0.15, 0.2) is 11.6 Å². The van der Waals surface area contributed by atoms with E-state index in [-0.39, 0.29) is 4.99 Å². The summed E-state index contributed by atoms with van der Waals surface area (Å²) >= 11 is 4.84. The molecule has 0 saturated carbocycles. The fourth-order valence-corrected chi connectivity index (χ4v) is 1.78. The van der Waals surface area contributed by atoms with Gasteiger partial charge in [-0.2, -0.15) is 0 Å². The van der Waals surface area contributed by atoms with Gasteiger partial charge >= 0.3 is 0 Å². The van der Waals surface area contributed by atoms with Gasteiger partial charge in [0.2, 0.25) is 0 Å². The Hall–Kier alpha value is -2.08. The molecule has 0 aliphatic heterocycles. The van der Waals surface area contributed by atoms with Crippen molar-refractivity contribution in [3.63, 3.8) is 0 Å². The summed E-state index contributed by atoms with van der Waals surface area (Å²) in [6.07, 6.45) is 0. The van der Waals surface area contributed by atoms with Crippen LogP contribution in [0.2, 0.25) is 0 Å². The zero-order valence-corrected chi connectivity index (χ0v) is 10.4. The minimum atomic E-state index is -1.03. The Labute approximate surface area is 113 Å². The van der Waals surface area contributed by atoms with Crippen LogP contribution in [-0.2, 0) is 0 Å². The highest BCUT2D eigenvalue weighted by Gasteiger charge is 2.13. The van der Waals surface area contributed by atoms with E-state index >= 15 is 0 Å². The SMILES string of the molecule is NC(=S)c1ccccc1Nc1c(F)cc(F)cc1F. The van der Waals surface area contributed by atoms with E-state index in [0.29, 0.717) is 23.4 Å². The molecule has 0 bridgehead atoms. The smallest absolute Gasteiger partial charge is 0.152 e. The van der Waals surface area contributed by atoms with Crippen LogP contribution in [0, 0.1) is 17.5 Å². The first-order valence-electron chi connectivity index (χ1n) is 5.29. The molecular weight excluding hydrogens is 273 g/mol. The molecule has 0 radical (unpaired) electrons. The van der Waals surface area contributed by atoms with Crippen LogP contribution in [0.3, 0.4) is 0 Å². The lowest BCUT2D eigenvalue weighted by Crippen LogP contribution is -2.12. The van der Waals surface area contributed by atoms with Gasteiger partial charge in [0.1, 0.15) is 16.5 Å². The van der Waals surface area contributed by atoms with Crippen molar-refractivity contribution in [3.05, 3.63) is 59.4 Å². The molecule has 0 fully saturated rings. The molecule has 98 valence electrons. The number of hydrogen-bond acceptors (Lipinski definition) is 2. The average Bonchev–Trinajstić information content (AvgIpc) is 2.34. The standard InChI is InChI=1S/C13H9F3N2S/c14-7-5-9(15)12(10(16)6-7)18-11-4-2-1-3-8(11)13(17)19/h1-6,18H,(H2,17,19). The van der Waals surface area contributed by atoms with Gasteiger partial charge in [-0.3, -0.25) is 0 Å². The molecule has 0 unspecified atom stereocenters. The molecule has 0 aliphatic rings. The van der Waals surface area contributed by atoms with Crippen molar-refractivity contribution in [2.45, 2.75) is 0 Å². The fourth-order valence-electron chi connectivity index (χ4n) is 1.60. The summed E-state index contributed by atoms with van der Waals surface area (Å²) in [7, 11) is 0. The largest absolute Gasteiger partial charge is 0.389 e. The molecular formula is C13H9F3N2S. The zero-order valence-electron chi connectivity index (χ0n) is 9.58. The van der Waals surface area contributed by atoms with Crippen LogP contribution in [0.4, 0.5) is 24.5 Å². The lowest BCUT2D eigenvalue weighted by Gasteiger charge is -2.12. The lowest BCUT2D eigenvalue weighted by atomic mass is 10.1. The van der Waals surface area contributed by atoms with E-state index in [0.717, 1.165) is 0 Å². The number of halogens is 3. The van der Waals surface area contributed by atoms with Crippen molar-refractivity contribution in [3.8, 4) is 0 Å². The maximum Gasteiger partial charge on any atom is 0.152 e. The van der Waals surface area contributed by atoms with Crippen molar-refractivity contribution >= 4 is 28.6 Å². The summed E-state index contributed by atoms with van der Waals surface area (Å²) < 4.78 is 39.9. The van der Waals surface area contributed by atoms with Gasteiger partial charge in [-0.25, -0.2) is 13.2 Å². The Morgan fingerprint density at radius 3 is 2.21 bits per heavy atom. The summed E-state index contributed by atoms with van der Waals surface area (Å²) in [6.45, 7) is 0. The number of hydrogen-bond donors (Lipinski definition) is 2. The second kappa shape index (κ2) is 5.27. The van der Waals surface area contributed by atoms with Gasteiger partial charge in [-0.15, -0.1) is 0 Å². The third-order valence-electron chi connectivity index (χ3n) is 2.46. The molecule has 3 N–H and O–H groups in total. The van der Waals surface area contributed by atoms with Gasteiger partial charge in [0.25, 0.3) is 0 Å². The normalized spacial score (nSPS) is 10.3. The molecule has 0 aliphatic carbocycles. The molecule has 0 spiro atoms. The maximum atomic E-state index is 13.5. The van der Waals surface area contributed by atoms with E-state index in [1.165, 1.54) is 0 Å². The Balaban J connectivity index is 2.45. The second-order valence-corrected chi connectivity index (χ2v) is 4.22. The van der Waals surface area contributed by atoms with E-state index < -0.39 is 23.1 Å².